The Kier molecular flexibility index (Phi) is 9.08. The van der Waals surface area contributed by atoms with Crippen LogP contribution in [0.4, 0.5) is 0 Å². The van der Waals surface area contributed by atoms with Crippen LogP contribution < -0.4 is 22.4 Å². The fourth-order valence-electron chi connectivity index (χ4n) is 4.62. The third-order valence-corrected chi connectivity index (χ3v) is 6.69. The fourth-order valence-corrected chi connectivity index (χ4v) is 4.62. The summed E-state index contributed by atoms with van der Waals surface area (Å²) in [7, 11) is 1.64. The van der Waals surface area contributed by atoms with Crippen LogP contribution in [0.3, 0.4) is 0 Å². The van der Waals surface area contributed by atoms with Gasteiger partial charge in [-0.2, -0.15) is 0 Å². The molecule has 33 heavy (non-hydrogen) atoms. The Balaban J connectivity index is 1.81. The number of ether oxygens (including phenoxy) is 4. The van der Waals surface area contributed by atoms with Gasteiger partial charge in [-0.25, -0.2) is 0 Å². The van der Waals surface area contributed by atoms with E-state index >= 15 is 0 Å². The van der Waals surface area contributed by atoms with Crippen LogP contribution in [0.15, 0.2) is 0 Å². The van der Waals surface area contributed by atoms with Crippen molar-refractivity contribution in [1.29, 1.82) is 0 Å². The van der Waals surface area contributed by atoms with Gasteiger partial charge in [-0.3, -0.25) is 0 Å². The molecule has 14 unspecified atom stereocenters. The highest BCUT2D eigenvalue weighted by atomic mass is 16.7. The summed E-state index contributed by atoms with van der Waals surface area (Å²) < 4.78 is 22.9. The number of aliphatic hydroxyl groups excluding tert-OH is 6. The van der Waals surface area contributed by atoms with E-state index in [4.69, 9.17) is 36.1 Å². The van der Waals surface area contributed by atoms with Crippen LogP contribution in [0, 0.1) is 0 Å². The van der Waals surface area contributed by atoms with Gasteiger partial charge >= 0.3 is 0 Å². The molecule has 3 fully saturated rings. The van der Waals surface area contributed by atoms with Gasteiger partial charge < -0.3 is 72.0 Å². The molecule has 192 valence electrons. The lowest BCUT2D eigenvalue weighted by Crippen LogP contribution is -2.68. The summed E-state index contributed by atoms with van der Waals surface area (Å²) in [6.07, 6.45) is -14.5. The Labute approximate surface area is 192 Å². The molecule has 2 saturated heterocycles. The minimum atomic E-state index is -1.46. The highest BCUT2D eigenvalue weighted by Gasteiger charge is 2.52. The predicted octanol–water partition coefficient (Wildman–Crippen LogP) is -7.08. The van der Waals surface area contributed by atoms with E-state index in [1.807, 2.05) is 0 Å². The van der Waals surface area contributed by atoms with Gasteiger partial charge in [0.1, 0.15) is 48.8 Å². The van der Waals surface area contributed by atoms with E-state index in [1.54, 1.807) is 7.98 Å². The quantitative estimate of drug-likeness (QED) is 0.152. The highest BCUT2D eigenvalue weighted by molar-refractivity contribution is 6.04. The van der Waals surface area contributed by atoms with Crippen LogP contribution in [0.2, 0.25) is 0 Å². The Hall–Kier alpha value is -0.495. The summed E-state index contributed by atoms with van der Waals surface area (Å²) in [6.45, 7) is 1.32. The van der Waals surface area contributed by atoms with E-state index in [2.05, 4.69) is 5.23 Å². The maximum absolute atomic E-state index is 10.9. The molecule has 0 radical (unpaired) electrons. The van der Waals surface area contributed by atoms with Crippen molar-refractivity contribution in [3.05, 3.63) is 0 Å². The van der Waals surface area contributed by atoms with E-state index in [-0.39, 0.29) is 13.0 Å². The van der Waals surface area contributed by atoms with Gasteiger partial charge in [0.05, 0.1) is 18.2 Å². The van der Waals surface area contributed by atoms with E-state index in [0.717, 1.165) is 0 Å². The number of aliphatic hydroxyl groups is 6. The molecule has 2 aliphatic heterocycles. The molecule has 0 aromatic carbocycles. The maximum Gasteiger partial charge on any atom is 0.187 e. The first-order chi connectivity index (χ1) is 15.5. The summed E-state index contributed by atoms with van der Waals surface area (Å²) in [5.74, 6) is 0. The first-order valence-corrected chi connectivity index (χ1v) is 11.1. The molecular formula is C18H37BN4O10. The number of rotatable bonds is 7. The van der Waals surface area contributed by atoms with Gasteiger partial charge in [0, 0.05) is 18.6 Å². The first kappa shape index (κ1) is 27.1. The molecule has 3 rings (SSSR count). The first-order valence-electron chi connectivity index (χ1n) is 11.1. The molecule has 0 aromatic heterocycles. The number of hydrogen-bond acceptors (Lipinski definition) is 14. The number of nitrogens with one attached hydrogen (secondary N) is 1. The molecular weight excluding hydrogens is 443 g/mol. The average molecular weight is 480 g/mol. The van der Waals surface area contributed by atoms with E-state index < -0.39 is 91.7 Å². The summed E-state index contributed by atoms with van der Waals surface area (Å²) in [5, 5.41) is 64.7. The average Bonchev–Trinajstić information content (AvgIpc) is 3.05. The monoisotopic (exact) mass is 480 g/mol. The molecule has 14 nitrogen and oxygen atoms in total. The zero-order chi connectivity index (χ0) is 24.6. The number of hydrogen-bond donors (Lipinski definition) is 10. The second-order valence-corrected chi connectivity index (χ2v) is 9.01. The molecule has 0 amide bonds. The van der Waals surface area contributed by atoms with Gasteiger partial charge in [-0.1, -0.05) is 0 Å². The third-order valence-electron chi connectivity index (χ3n) is 6.69. The van der Waals surface area contributed by atoms with Crippen molar-refractivity contribution in [3.8, 4) is 0 Å². The second-order valence-electron chi connectivity index (χ2n) is 9.01. The van der Waals surface area contributed by atoms with Gasteiger partial charge in [-0.15, -0.1) is 0 Å². The smallest absolute Gasteiger partial charge is 0.187 e. The predicted molar refractivity (Wildman–Crippen MR) is 114 cm³/mol. The van der Waals surface area contributed by atoms with Crippen LogP contribution in [-0.4, -0.2) is 137 Å². The van der Waals surface area contributed by atoms with E-state index in [0.29, 0.717) is 0 Å². The Morgan fingerprint density at radius 1 is 0.939 bits per heavy atom. The van der Waals surface area contributed by atoms with Gasteiger partial charge in [0.2, 0.25) is 0 Å². The molecule has 0 spiro atoms. The maximum atomic E-state index is 10.9. The molecule has 13 N–H and O–H groups in total. The van der Waals surface area contributed by atoms with Crippen molar-refractivity contribution in [2.75, 3.05) is 6.54 Å². The summed E-state index contributed by atoms with van der Waals surface area (Å²) >= 11 is 0. The molecule has 15 atom stereocenters. The third kappa shape index (κ3) is 5.36. The van der Waals surface area contributed by atoms with E-state index in [9.17, 15) is 30.6 Å². The zero-order valence-corrected chi connectivity index (χ0v) is 18.6. The van der Waals surface area contributed by atoms with Crippen LogP contribution >= 0.6 is 0 Å². The molecule has 1 aliphatic carbocycles. The number of nitrogens with two attached hydrogens (primary N) is 3. The van der Waals surface area contributed by atoms with Gasteiger partial charge in [0.25, 0.3) is 0 Å². The van der Waals surface area contributed by atoms with E-state index in [1.165, 1.54) is 6.92 Å². The zero-order valence-electron chi connectivity index (χ0n) is 18.6. The van der Waals surface area contributed by atoms with Crippen molar-refractivity contribution in [1.82, 2.24) is 5.23 Å². The Bertz CT molecular complexity index is 641. The lowest BCUT2D eigenvalue weighted by Gasteiger charge is -2.48. The van der Waals surface area contributed by atoms with Crippen molar-refractivity contribution in [3.63, 3.8) is 0 Å². The summed E-state index contributed by atoms with van der Waals surface area (Å²) in [6, 6.07) is -2.40. The molecule has 2 heterocycles. The second kappa shape index (κ2) is 11.1. The van der Waals surface area contributed by atoms with Crippen LogP contribution in [0.25, 0.3) is 0 Å². The standard InChI is InChI=1S/C18H37BN4O10/c1-4(24)14-12(28)11(27)8(22)17(31-14)32-15-5(21)2-6(23-19)9(25)16(15)33-18-13(29)10(26)7(3-20)30-18/h4-18,23-29H,2-3,19-22H2,1H3/t4-,5?,6?,7?,8?,9?,10?,11?,12?,13?,14?,15?,16?,17?,18?/m1/s1. The molecule has 0 bridgehead atoms. The normalized spacial score (nSPS) is 52.1. The molecule has 3 aliphatic rings. The minimum absolute atomic E-state index is 0.0599. The largest absolute Gasteiger partial charge is 0.391 e. The van der Waals surface area contributed by atoms with Crippen molar-refractivity contribution >= 4 is 7.98 Å². The lowest BCUT2D eigenvalue weighted by molar-refractivity contribution is -0.315. The topological polar surface area (TPSA) is 248 Å². The van der Waals surface area contributed by atoms with Crippen molar-refractivity contribution in [2.24, 2.45) is 17.2 Å². The van der Waals surface area contributed by atoms with Crippen molar-refractivity contribution < 1.29 is 49.6 Å². The SMILES string of the molecule is BNC1CC(N)C(OC2OC([C@@H](C)O)C(O)C(O)C2N)C(OC2OC(CN)C(O)C2O)C1O. The summed E-state index contributed by atoms with van der Waals surface area (Å²) in [5.41, 5.74) is 17.9. The molecule has 15 heteroatoms. The van der Waals surface area contributed by atoms with Gasteiger partial charge in [0.15, 0.2) is 20.6 Å². The fraction of sp³-hybridized carbons (Fsp3) is 1.00. The minimum Gasteiger partial charge on any atom is -0.391 e. The highest BCUT2D eigenvalue weighted by Crippen LogP contribution is 2.32. The Morgan fingerprint density at radius 2 is 1.58 bits per heavy atom. The molecule has 1 saturated carbocycles. The van der Waals surface area contributed by atoms with Crippen LogP contribution in [0.5, 0.6) is 0 Å². The lowest BCUT2D eigenvalue weighted by atomic mass is 9.83. The summed E-state index contributed by atoms with van der Waals surface area (Å²) in [4.78, 5) is 0. The molecule has 0 aromatic rings. The Morgan fingerprint density at radius 3 is 2.12 bits per heavy atom. The van der Waals surface area contributed by atoms with Crippen molar-refractivity contribution in [2.45, 2.75) is 105 Å². The van der Waals surface area contributed by atoms with Crippen LogP contribution in [-0.2, 0) is 18.9 Å². The van der Waals surface area contributed by atoms with Crippen LogP contribution in [0.1, 0.15) is 13.3 Å². The van der Waals surface area contributed by atoms with Gasteiger partial charge in [-0.05, 0) is 13.3 Å².